The van der Waals surface area contributed by atoms with Crippen molar-refractivity contribution in [1.29, 1.82) is 0 Å². The molecule has 62 valence electrons. The van der Waals surface area contributed by atoms with E-state index < -0.39 is 0 Å². The monoisotopic (exact) mass is 188 g/mol. The lowest BCUT2D eigenvalue weighted by Crippen LogP contribution is -2.29. The van der Waals surface area contributed by atoms with Crippen molar-refractivity contribution in [3.8, 4) is 0 Å². The highest BCUT2D eigenvalue weighted by molar-refractivity contribution is 7.82. The smallest absolute Gasteiger partial charge is 0.176 e. The van der Waals surface area contributed by atoms with Crippen LogP contribution in [-0.2, 0) is 0 Å². The van der Waals surface area contributed by atoms with Gasteiger partial charge in [0.2, 0.25) is 0 Å². The van der Waals surface area contributed by atoms with Gasteiger partial charge >= 0.3 is 0 Å². The van der Waals surface area contributed by atoms with Gasteiger partial charge < -0.3 is 9.80 Å². The van der Waals surface area contributed by atoms with Gasteiger partial charge in [-0.1, -0.05) is 19.1 Å². The largest absolute Gasteiger partial charge is 0.342 e. The number of hydrogen-bond donors (Lipinski definition) is 0. The van der Waals surface area contributed by atoms with E-state index in [4.69, 9.17) is 24.4 Å². The Hall–Kier alpha value is -0.220. The standard InChI is InChI=1S/C7H12N2S2/c1-4-5-6(10)9(3)7(11)8(5)2/h5H,4H2,1-3H3. The molecule has 1 aliphatic rings. The van der Waals surface area contributed by atoms with Crippen LogP contribution in [0, 0.1) is 0 Å². The van der Waals surface area contributed by atoms with E-state index in [-0.39, 0.29) is 0 Å². The van der Waals surface area contributed by atoms with E-state index in [2.05, 4.69) is 11.8 Å². The Morgan fingerprint density at radius 1 is 1.36 bits per heavy atom. The zero-order chi connectivity index (χ0) is 8.59. The second-order valence-electron chi connectivity index (χ2n) is 2.71. The molecule has 0 N–H and O–H groups in total. The second-order valence-corrected chi connectivity index (χ2v) is 3.50. The first-order valence-electron chi connectivity index (χ1n) is 3.64. The Kier molecular flexibility index (Phi) is 2.44. The van der Waals surface area contributed by atoms with E-state index >= 15 is 0 Å². The van der Waals surface area contributed by atoms with Crippen LogP contribution in [0.25, 0.3) is 0 Å². The third-order valence-corrected chi connectivity index (χ3v) is 3.17. The van der Waals surface area contributed by atoms with Crippen molar-refractivity contribution < 1.29 is 0 Å². The fourth-order valence-corrected chi connectivity index (χ4v) is 2.00. The van der Waals surface area contributed by atoms with Gasteiger partial charge in [-0.3, -0.25) is 0 Å². The number of likely N-dealkylation sites (N-methyl/N-ethyl adjacent to an activating group) is 2. The van der Waals surface area contributed by atoms with Gasteiger partial charge in [0.15, 0.2) is 5.11 Å². The summed E-state index contributed by atoms with van der Waals surface area (Å²) in [6, 6.07) is 0.336. The van der Waals surface area contributed by atoms with Crippen LogP contribution in [-0.4, -0.2) is 40.0 Å². The van der Waals surface area contributed by atoms with Crippen LogP contribution in [0.2, 0.25) is 0 Å². The summed E-state index contributed by atoms with van der Waals surface area (Å²) in [5.74, 6) is 0. The Morgan fingerprint density at radius 2 is 1.91 bits per heavy atom. The van der Waals surface area contributed by atoms with Gasteiger partial charge in [-0.25, -0.2) is 0 Å². The fourth-order valence-electron chi connectivity index (χ4n) is 1.30. The van der Waals surface area contributed by atoms with E-state index in [9.17, 15) is 0 Å². The predicted molar refractivity (Wildman–Crippen MR) is 54.8 cm³/mol. The molecular formula is C7H12N2S2. The molecular weight excluding hydrogens is 176 g/mol. The van der Waals surface area contributed by atoms with Crippen molar-refractivity contribution in [2.24, 2.45) is 0 Å². The van der Waals surface area contributed by atoms with Crippen LogP contribution in [0.15, 0.2) is 0 Å². The van der Waals surface area contributed by atoms with E-state index in [0.29, 0.717) is 6.04 Å². The van der Waals surface area contributed by atoms with E-state index in [1.165, 1.54) is 0 Å². The predicted octanol–water partition coefficient (Wildman–Crippen LogP) is 1.25. The summed E-state index contributed by atoms with van der Waals surface area (Å²) >= 11 is 10.4. The van der Waals surface area contributed by atoms with Crippen molar-refractivity contribution in [2.75, 3.05) is 14.1 Å². The minimum absolute atomic E-state index is 0.336. The molecule has 1 unspecified atom stereocenters. The second kappa shape index (κ2) is 3.03. The Labute approximate surface area is 78.2 Å². The first-order chi connectivity index (χ1) is 5.09. The molecule has 0 aromatic rings. The van der Waals surface area contributed by atoms with E-state index in [1.807, 2.05) is 19.0 Å². The maximum atomic E-state index is 5.21. The summed E-state index contributed by atoms with van der Waals surface area (Å²) in [5, 5.41) is 0.835. The molecule has 0 aromatic heterocycles. The fraction of sp³-hybridized carbons (Fsp3) is 0.714. The van der Waals surface area contributed by atoms with Crippen LogP contribution >= 0.6 is 24.4 Å². The molecule has 4 heteroatoms. The van der Waals surface area contributed by atoms with Crippen LogP contribution in [0.4, 0.5) is 0 Å². The molecule has 1 aliphatic heterocycles. The van der Waals surface area contributed by atoms with Gasteiger partial charge in [0.25, 0.3) is 0 Å². The Morgan fingerprint density at radius 3 is 2.09 bits per heavy atom. The number of thiocarbonyl (C=S) groups is 2. The highest BCUT2D eigenvalue weighted by atomic mass is 32.1. The molecule has 0 aliphatic carbocycles. The quantitative estimate of drug-likeness (QED) is 0.571. The van der Waals surface area contributed by atoms with Crippen molar-refractivity contribution >= 4 is 34.5 Å². The van der Waals surface area contributed by atoms with Crippen LogP contribution in [0.1, 0.15) is 13.3 Å². The molecule has 11 heavy (non-hydrogen) atoms. The van der Waals surface area contributed by atoms with Crippen molar-refractivity contribution in [1.82, 2.24) is 9.80 Å². The maximum Gasteiger partial charge on any atom is 0.176 e. The molecule has 1 saturated heterocycles. The molecule has 0 saturated carbocycles. The van der Waals surface area contributed by atoms with Crippen molar-refractivity contribution in [2.45, 2.75) is 19.4 Å². The average Bonchev–Trinajstić information content (AvgIpc) is 2.17. The normalized spacial score (nSPS) is 25.2. The van der Waals surface area contributed by atoms with Crippen molar-refractivity contribution in [3.05, 3.63) is 0 Å². The van der Waals surface area contributed by atoms with Crippen LogP contribution in [0.5, 0.6) is 0 Å². The third-order valence-electron chi connectivity index (χ3n) is 2.06. The van der Waals surface area contributed by atoms with Gasteiger partial charge in [-0.2, -0.15) is 0 Å². The summed E-state index contributed by atoms with van der Waals surface area (Å²) < 4.78 is 0. The lowest BCUT2D eigenvalue weighted by atomic mass is 10.2. The molecule has 0 radical (unpaired) electrons. The lowest BCUT2D eigenvalue weighted by Gasteiger charge is -2.16. The molecule has 1 atom stereocenters. The van der Waals surface area contributed by atoms with Gasteiger partial charge in [0.05, 0.1) is 6.04 Å². The summed E-state index contributed by atoms with van der Waals surface area (Å²) in [6.45, 7) is 2.12. The van der Waals surface area contributed by atoms with Gasteiger partial charge in [-0.05, 0) is 18.6 Å². The lowest BCUT2D eigenvalue weighted by molar-refractivity contribution is 0.460. The molecule has 0 bridgehead atoms. The van der Waals surface area contributed by atoms with Gasteiger partial charge in [-0.15, -0.1) is 0 Å². The van der Waals surface area contributed by atoms with Crippen molar-refractivity contribution in [3.63, 3.8) is 0 Å². The minimum atomic E-state index is 0.336. The summed E-state index contributed by atoms with van der Waals surface area (Å²) in [6.07, 6.45) is 1.03. The highest BCUT2D eigenvalue weighted by Crippen LogP contribution is 2.17. The molecule has 0 aromatic carbocycles. The summed E-state index contributed by atoms with van der Waals surface area (Å²) in [5.41, 5.74) is 0. The van der Waals surface area contributed by atoms with E-state index in [0.717, 1.165) is 16.5 Å². The van der Waals surface area contributed by atoms with Crippen LogP contribution in [0.3, 0.4) is 0 Å². The number of hydrogen-bond acceptors (Lipinski definition) is 2. The Balaban J connectivity index is 2.86. The molecule has 1 fully saturated rings. The zero-order valence-corrected chi connectivity index (χ0v) is 8.63. The van der Waals surface area contributed by atoms with E-state index in [1.54, 1.807) is 0 Å². The molecule has 1 heterocycles. The third kappa shape index (κ3) is 1.25. The number of rotatable bonds is 1. The highest BCUT2D eigenvalue weighted by Gasteiger charge is 2.32. The topological polar surface area (TPSA) is 6.48 Å². The summed E-state index contributed by atoms with van der Waals surface area (Å²) in [4.78, 5) is 4.90. The minimum Gasteiger partial charge on any atom is -0.342 e. The molecule has 1 rings (SSSR count). The first-order valence-corrected chi connectivity index (χ1v) is 4.45. The Bertz CT molecular complexity index is 203. The number of nitrogens with zero attached hydrogens (tertiary/aromatic N) is 2. The summed E-state index contributed by atoms with van der Waals surface area (Å²) in [7, 11) is 3.92. The van der Waals surface area contributed by atoms with Gasteiger partial charge in [0.1, 0.15) is 4.99 Å². The molecule has 2 nitrogen and oxygen atoms in total. The van der Waals surface area contributed by atoms with Gasteiger partial charge in [0, 0.05) is 14.1 Å². The molecule has 0 amide bonds. The first kappa shape index (κ1) is 8.87. The van der Waals surface area contributed by atoms with Crippen LogP contribution < -0.4 is 0 Å². The molecule has 0 spiro atoms. The maximum absolute atomic E-state index is 5.21. The average molecular weight is 188 g/mol. The SMILES string of the molecule is CCC1C(=S)N(C)C(=S)N1C. The zero-order valence-electron chi connectivity index (χ0n) is 7.00.